The van der Waals surface area contributed by atoms with Crippen molar-refractivity contribution in [2.24, 2.45) is 0 Å². The molecule has 0 spiro atoms. The van der Waals surface area contributed by atoms with Crippen molar-refractivity contribution >= 4 is 46.1 Å². The molecule has 0 saturated heterocycles. The molecule has 0 bridgehead atoms. The Balaban J connectivity index is 1.45. The number of carbonyl (C=O) groups is 3. The SMILES string of the molecule is COC(=O)c1cc(NC(=O)CSc2nnc(-c3cccc4ccccc34)o2)cc(C(=O)OC)c1. The van der Waals surface area contributed by atoms with Crippen molar-refractivity contribution in [2.45, 2.75) is 5.22 Å². The number of aromatic nitrogens is 2. The summed E-state index contributed by atoms with van der Waals surface area (Å²) in [6.07, 6.45) is 0. The van der Waals surface area contributed by atoms with E-state index in [1.807, 2.05) is 42.5 Å². The van der Waals surface area contributed by atoms with Crippen molar-refractivity contribution in [3.8, 4) is 11.5 Å². The van der Waals surface area contributed by atoms with Gasteiger partial charge in [0.15, 0.2) is 0 Å². The van der Waals surface area contributed by atoms with Gasteiger partial charge in [0, 0.05) is 11.3 Å². The molecule has 1 aromatic heterocycles. The summed E-state index contributed by atoms with van der Waals surface area (Å²) in [5.74, 6) is -1.38. The summed E-state index contributed by atoms with van der Waals surface area (Å²) in [4.78, 5) is 36.3. The van der Waals surface area contributed by atoms with E-state index in [1.165, 1.54) is 32.4 Å². The van der Waals surface area contributed by atoms with E-state index in [0.29, 0.717) is 5.89 Å². The number of amides is 1. The molecular weight excluding hydrogens is 458 g/mol. The van der Waals surface area contributed by atoms with Gasteiger partial charge < -0.3 is 19.2 Å². The molecule has 0 aliphatic heterocycles. The molecular formula is C24H19N3O6S. The number of nitrogens with zero attached hydrogens (tertiary/aromatic N) is 2. The Kier molecular flexibility index (Phi) is 6.88. The molecule has 3 aromatic carbocycles. The molecule has 4 aromatic rings. The molecule has 0 radical (unpaired) electrons. The number of nitrogens with one attached hydrogen (secondary N) is 1. The number of anilines is 1. The summed E-state index contributed by atoms with van der Waals surface area (Å²) in [7, 11) is 2.44. The van der Waals surface area contributed by atoms with Crippen LogP contribution in [0.2, 0.25) is 0 Å². The number of rotatable bonds is 7. The van der Waals surface area contributed by atoms with Crippen molar-refractivity contribution in [2.75, 3.05) is 25.3 Å². The summed E-state index contributed by atoms with van der Waals surface area (Å²) in [6, 6.07) is 17.8. The molecule has 34 heavy (non-hydrogen) atoms. The number of hydrogen-bond donors (Lipinski definition) is 1. The van der Waals surface area contributed by atoms with Crippen LogP contribution in [0.15, 0.2) is 70.3 Å². The molecule has 1 amide bonds. The molecule has 0 atom stereocenters. The second-order valence-electron chi connectivity index (χ2n) is 7.02. The van der Waals surface area contributed by atoms with Crippen LogP contribution in [0.25, 0.3) is 22.2 Å². The first-order valence-electron chi connectivity index (χ1n) is 10.0. The maximum atomic E-state index is 12.5. The highest BCUT2D eigenvalue weighted by atomic mass is 32.2. The number of hydrogen-bond acceptors (Lipinski definition) is 9. The topological polar surface area (TPSA) is 121 Å². The summed E-state index contributed by atoms with van der Waals surface area (Å²) < 4.78 is 15.1. The molecule has 4 rings (SSSR count). The summed E-state index contributed by atoms with van der Waals surface area (Å²) in [5, 5.41) is 13.0. The van der Waals surface area contributed by atoms with Crippen molar-refractivity contribution in [1.29, 1.82) is 0 Å². The molecule has 0 unspecified atom stereocenters. The fraction of sp³-hybridized carbons (Fsp3) is 0.125. The molecule has 172 valence electrons. The molecule has 0 aliphatic rings. The quantitative estimate of drug-likeness (QED) is 0.308. The molecule has 0 saturated carbocycles. The van der Waals surface area contributed by atoms with Crippen LogP contribution < -0.4 is 5.32 Å². The first-order chi connectivity index (χ1) is 16.5. The number of thioether (sulfide) groups is 1. The maximum absolute atomic E-state index is 12.5. The normalized spacial score (nSPS) is 10.6. The van der Waals surface area contributed by atoms with Gasteiger partial charge in [-0.05, 0) is 35.0 Å². The minimum absolute atomic E-state index is 0.0345. The zero-order valence-corrected chi connectivity index (χ0v) is 19.0. The van der Waals surface area contributed by atoms with Crippen LogP contribution in [-0.4, -0.2) is 48.0 Å². The monoisotopic (exact) mass is 477 g/mol. The van der Waals surface area contributed by atoms with Gasteiger partial charge in [0.25, 0.3) is 5.22 Å². The lowest BCUT2D eigenvalue weighted by molar-refractivity contribution is -0.113. The lowest BCUT2D eigenvalue weighted by Crippen LogP contribution is -2.16. The molecule has 0 fully saturated rings. The van der Waals surface area contributed by atoms with E-state index in [2.05, 4.69) is 15.5 Å². The third-order valence-corrected chi connectivity index (χ3v) is 5.63. The zero-order valence-electron chi connectivity index (χ0n) is 18.2. The van der Waals surface area contributed by atoms with Crippen LogP contribution in [0.3, 0.4) is 0 Å². The number of methoxy groups -OCH3 is 2. The van der Waals surface area contributed by atoms with Gasteiger partial charge in [0.1, 0.15) is 0 Å². The predicted molar refractivity (Wildman–Crippen MR) is 126 cm³/mol. The minimum Gasteiger partial charge on any atom is -0.465 e. The van der Waals surface area contributed by atoms with E-state index in [0.717, 1.165) is 28.1 Å². The molecule has 10 heteroatoms. The lowest BCUT2D eigenvalue weighted by atomic mass is 10.0. The van der Waals surface area contributed by atoms with Gasteiger partial charge in [-0.25, -0.2) is 9.59 Å². The fourth-order valence-electron chi connectivity index (χ4n) is 3.28. The van der Waals surface area contributed by atoms with Crippen molar-refractivity contribution in [1.82, 2.24) is 10.2 Å². The predicted octanol–water partition coefficient (Wildman–Crippen LogP) is 4.19. The molecule has 0 aliphatic carbocycles. The Labute approximate surface area is 198 Å². The van der Waals surface area contributed by atoms with E-state index < -0.39 is 17.8 Å². The summed E-state index contributed by atoms with van der Waals surface area (Å²) in [5.41, 5.74) is 1.25. The second-order valence-corrected chi connectivity index (χ2v) is 7.95. The van der Waals surface area contributed by atoms with E-state index >= 15 is 0 Å². The maximum Gasteiger partial charge on any atom is 0.337 e. The zero-order chi connectivity index (χ0) is 24.1. The highest BCUT2D eigenvalue weighted by Gasteiger charge is 2.16. The van der Waals surface area contributed by atoms with Crippen molar-refractivity contribution < 1.29 is 28.3 Å². The largest absolute Gasteiger partial charge is 0.465 e. The second kappa shape index (κ2) is 10.2. The van der Waals surface area contributed by atoms with Gasteiger partial charge >= 0.3 is 11.9 Å². The molecule has 1 N–H and O–H groups in total. The minimum atomic E-state index is -0.651. The highest BCUT2D eigenvalue weighted by molar-refractivity contribution is 7.99. The van der Waals surface area contributed by atoms with Gasteiger partial charge in [-0.15, -0.1) is 10.2 Å². The Hall–Kier alpha value is -4.18. The smallest absolute Gasteiger partial charge is 0.337 e. The first kappa shape index (κ1) is 23.0. The number of ether oxygens (including phenoxy) is 2. The van der Waals surface area contributed by atoms with E-state index in [-0.39, 0.29) is 27.8 Å². The molecule has 9 nitrogen and oxygen atoms in total. The van der Waals surface area contributed by atoms with Crippen molar-refractivity contribution in [3.63, 3.8) is 0 Å². The van der Waals surface area contributed by atoms with Crippen LogP contribution in [0, 0.1) is 0 Å². The van der Waals surface area contributed by atoms with Crippen LogP contribution >= 0.6 is 11.8 Å². The summed E-state index contributed by atoms with van der Waals surface area (Å²) in [6.45, 7) is 0. The number of esters is 2. The Morgan fingerprint density at radius 1 is 0.912 bits per heavy atom. The summed E-state index contributed by atoms with van der Waals surface area (Å²) >= 11 is 1.06. The standard InChI is InChI=1S/C24H19N3O6S/c1-31-22(29)15-10-16(23(30)32-2)12-17(11-15)25-20(28)13-34-24-27-26-21(33-24)19-9-5-7-14-6-3-4-8-18(14)19/h3-12H,13H2,1-2H3,(H,25,28). The highest BCUT2D eigenvalue weighted by Crippen LogP contribution is 2.29. The average Bonchev–Trinajstić information content (AvgIpc) is 3.34. The van der Waals surface area contributed by atoms with Crippen LogP contribution in [-0.2, 0) is 14.3 Å². The Morgan fingerprint density at radius 2 is 1.59 bits per heavy atom. The van der Waals surface area contributed by atoms with Crippen molar-refractivity contribution in [3.05, 3.63) is 71.8 Å². The van der Waals surface area contributed by atoms with Gasteiger partial charge in [0.2, 0.25) is 11.8 Å². The first-order valence-corrected chi connectivity index (χ1v) is 11.0. The van der Waals surface area contributed by atoms with Gasteiger partial charge in [-0.1, -0.05) is 48.2 Å². The van der Waals surface area contributed by atoms with E-state index in [9.17, 15) is 14.4 Å². The van der Waals surface area contributed by atoms with Crippen LogP contribution in [0.4, 0.5) is 5.69 Å². The Morgan fingerprint density at radius 3 is 2.29 bits per heavy atom. The number of benzene rings is 3. The lowest BCUT2D eigenvalue weighted by Gasteiger charge is -2.09. The third-order valence-electron chi connectivity index (χ3n) is 4.81. The number of carbonyl (C=O) groups excluding carboxylic acids is 3. The van der Waals surface area contributed by atoms with E-state index in [4.69, 9.17) is 13.9 Å². The van der Waals surface area contributed by atoms with Gasteiger partial charge in [-0.2, -0.15) is 0 Å². The number of fused-ring (bicyclic) bond motifs is 1. The average molecular weight is 477 g/mol. The molecule has 1 heterocycles. The fourth-order valence-corrected chi connectivity index (χ4v) is 3.85. The van der Waals surface area contributed by atoms with Gasteiger partial charge in [0.05, 0.1) is 31.1 Å². The van der Waals surface area contributed by atoms with Crippen LogP contribution in [0.1, 0.15) is 20.7 Å². The third kappa shape index (κ3) is 5.07. The van der Waals surface area contributed by atoms with Gasteiger partial charge in [-0.3, -0.25) is 4.79 Å². The van der Waals surface area contributed by atoms with Crippen LogP contribution in [0.5, 0.6) is 0 Å². The van der Waals surface area contributed by atoms with E-state index in [1.54, 1.807) is 0 Å². The Bertz CT molecular complexity index is 1340.